The Morgan fingerprint density at radius 1 is 1.19 bits per heavy atom. The number of carbonyl (C=O) groups is 1. The molecule has 0 aliphatic carbocycles. The summed E-state index contributed by atoms with van der Waals surface area (Å²) in [5, 5.41) is 13.8. The van der Waals surface area contributed by atoms with Crippen LogP contribution in [0, 0.1) is 0 Å². The predicted molar refractivity (Wildman–Crippen MR) is 113 cm³/mol. The molecule has 2 N–H and O–H groups in total. The first-order valence-corrected chi connectivity index (χ1v) is 10.2. The van der Waals surface area contributed by atoms with Crippen molar-refractivity contribution < 1.29 is 19.4 Å². The van der Waals surface area contributed by atoms with E-state index < -0.39 is 5.91 Å². The van der Waals surface area contributed by atoms with Gasteiger partial charge >= 0.3 is 0 Å². The smallest absolute Gasteiger partial charge is 0.277 e. The number of aromatic hydroxyl groups is 1. The summed E-state index contributed by atoms with van der Waals surface area (Å²) in [5.74, 6) is 0.540. The van der Waals surface area contributed by atoms with E-state index in [0.29, 0.717) is 30.5 Å². The number of halogens is 4. The van der Waals surface area contributed by atoms with Gasteiger partial charge in [0, 0.05) is 14.5 Å². The number of carbonyl (C=O) groups excluding carboxylic acids is 1. The Morgan fingerprint density at radius 3 is 2.62 bits per heavy atom. The first-order chi connectivity index (χ1) is 12.3. The van der Waals surface area contributed by atoms with Gasteiger partial charge in [-0.15, -0.1) is 0 Å². The van der Waals surface area contributed by atoms with Crippen molar-refractivity contribution in [2.45, 2.75) is 0 Å². The Hall–Kier alpha value is -1.10. The number of nitrogens with zero attached hydrogens (tertiary/aromatic N) is 1. The maximum atomic E-state index is 11.9. The number of hydrogen-bond acceptors (Lipinski definition) is 5. The molecule has 0 spiro atoms. The normalized spacial score (nSPS) is 10.8. The summed E-state index contributed by atoms with van der Waals surface area (Å²) in [4.78, 5) is 11.9. The lowest BCUT2D eigenvalue weighted by Gasteiger charge is -2.10. The standard InChI is InChI=1S/C16H12Br4N2O4/c1-25-13-4-8(17)2-3-12(13)26-7-14(23)22-21-6-9-10(18)5-11(19)16(24)15(9)20/h2-6,24H,7H2,1H3,(H,22,23). The minimum Gasteiger partial charge on any atom is -0.506 e. The number of amides is 1. The third-order valence-electron chi connectivity index (χ3n) is 3.05. The maximum Gasteiger partial charge on any atom is 0.277 e. The van der Waals surface area contributed by atoms with E-state index in [2.05, 4.69) is 74.2 Å². The molecule has 26 heavy (non-hydrogen) atoms. The van der Waals surface area contributed by atoms with Crippen molar-refractivity contribution in [2.24, 2.45) is 5.10 Å². The van der Waals surface area contributed by atoms with E-state index in [1.165, 1.54) is 13.3 Å². The summed E-state index contributed by atoms with van der Waals surface area (Å²) in [7, 11) is 1.52. The zero-order valence-electron chi connectivity index (χ0n) is 13.2. The van der Waals surface area contributed by atoms with Crippen molar-refractivity contribution in [1.29, 1.82) is 0 Å². The van der Waals surface area contributed by atoms with E-state index in [4.69, 9.17) is 9.47 Å². The topological polar surface area (TPSA) is 80.2 Å². The average molecular weight is 616 g/mol. The number of phenols is 1. The minimum absolute atomic E-state index is 0.0339. The molecule has 0 bridgehead atoms. The molecule has 0 radical (unpaired) electrons. The molecule has 0 saturated heterocycles. The second-order valence-corrected chi connectivity index (χ2v) is 8.21. The molecule has 2 rings (SSSR count). The number of ether oxygens (including phenoxy) is 2. The molecule has 138 valence electrons. The molecule has 2 aromatic carbocycles. The molecule has 0 saturated carbocycles. The van der Waals surface area contributed by atoms with Gasteiger partial charge in [-0.3, -0.25) is 4.79 Å². The van der Waals surface area contributed by atoms with Gasteiger partial charge in [0.1, 0.15) is 5.75 Å². The van der Waals surface area contributed by atoms with E-state index in [1.54, 1.807) is 24.3 Å². The van der Waals surface area contributed by atoms with Crippen molar-refractivity contribution in [3.8, 4) is 17.2 Å². The fourth-order valence-electron chi connectivity index (χ4n) is 1.82. The third kappa shape index (κ3) is 5.45. The Morgan fingerprint density at radius 2 is 1.92 bits per heavy atom. The number of rotatable bonds is 6. The van der Waals surface area contributed by atoms with Gasteiger partial charge in [-0.25, -0.2) is 5.43 Å². The predicted octanol–water partition coefficient (Wildman–Crippen LogP) is 4.98. The number of benzene rings is 2. The van der Waals surface area contributed by atoms with Gasteiger partial charge in [0.25, 0.3) is 5.91 Å². The number of methoxy groups -OCH3 is 1. The highest BCUT2D eigenvalue weighted by molar-refractivity contribution is 9.11. The number of phenolic OH excluding ortho intramolecular Hbond substituents is 1. The third-order valence-corrected chi connectivity index (χ3v) is 5.61. The van der Waals surface area contributed by atoms with E-state index in [9.17, 15) is 9.90 Å². The maximum absolute atomic E-state index is 11.9. The lowest BCUT2D eigenvalue weighted by molar-refractivity contribution is -0.123. The van der Waals surface area contributed by atoms with E-state index in [-0.39, 0.29) is 12.4 Å². The number of nitrogens with one attached hydrogen (secondary N) is 1. The summed E-state index contributed by atoms with van der Waals surface area (Å²) in [5.41, 5.74) is 2.93. The van der Waals surface area contributed by atoms with Crippen LogP contribution in [0.1, 0.15) is 5.56 Å². The van der Waals surface area contributed by atoms with Gasteiger partial charge in [-0.05, 0) is 56.1 Å². The van der Waals surface area contributed by atoms with Crippen LogP contribution in [0.5, 0.6) is 17.2 Å². The summed E-state index contributed by atoms with van der Waals surface area (Å²) in [6.45, 7) is -0.233. The van der Waals surface area contributed by atoms with Crippen LogP contribution in [0.2, 0.25) is 0 Å². The summed E-state index contributed by atoms with van der Waals surface area (Å²) < 4.78 is 13.1. The summed E-state index contributed by atoms with van der Waals surface area (Å²) in [6.07, 6.45) is 1.40. The molecular formula is C16H12Br4N2O4. The van der Waals surface area contributed by atoms with Crippen molar-refractivity contribution in [1.82, 2.24) is 5.43 Å². The molecule has 0 unspecified atom stereocenters. The first-order valence-electron chi connectivity index (χ1n) is 6.98. The Bertz CT molecular complexity index is 859. The van der Waals surface area contributed by atoms with Gasteiger partial charge in [0.15, 0.2) is 18.1 Å². The van der Waals surface area contributed by atoms with E-state index in [0.717, 1.165) is 4.47 Å². The Balaban J connectivity index is 1.98. The molecule has 10 heteroatoms. The zero-order chi connectivity index (χ0) is 19.3. The molecule has 0 aliphatic heterocycles. The van der Waals surface area contributed by atoms with Gasteiger partial charge in [-0.2, -0.15) is 5.10 Å². The SMILES string of the molecule is COc1cc(Br)ccc1OCC(=O)NN=Cc1c(Br)cc(Br)c(O)c1Br. The van der Waals surface area contributed by atoms with Crippen LogP contribution >= 0.6 is 63.7 Å². The van der Waals surface area contributed by atoms with Crippen molar-refractivity contribution in [2.75, 3.05) is 13.7 Å². The molecule has 6 nitrogen and oxygen atoms in total. The van der Waals surface area contributed by atoms with Gasteiger partial charge < -0.3 is 14.6 Å². The highest BCUT2D eigenvalue weighted by Gasteiger charge is 2.12. The van der Waals surface area contributed by atoms with Crippen molar-refractivity contribution in [3.63, 3.8) is 0 Å². The van der Waals surface area contributed by atoms with Crippen LogP contribution in [0.4, 0.5) is 0 Å². The minimum atomic E-state index is -0.445. The second-order valence-electron chi connectivity index (χ2n) is 4.79. The van der Waals surface area contributed by atoms with Gasteiger partial charge in [-0.1, -0.05) is 31.9 Å². The molecule has 2 aromatic rings. The van der Waals surface area contributed by atoms with Crippen LogP contribution in [0.25, 0.3) is 0 Å². The van der Waals surface area contributed by atoms with Crippen LogP contribution in [-0.4, -0.2) is 30.9 Å². The molecule has 0 aromatic heterocycles. The van der Waals surface area contributed by atoms with Crippen LogP contribution < -0.4 is 14.9 Å². The molecule has 0 aliphatic rings. The van der Waals surface area contributed by atoms with Crippen molar-refractivity contribution >= 4 is 75.8 Å². The number of hydrazone groups is 1. The van der Waals surface area contributed by atoms with Gasteiger partial charge in [0.05, 0.1) is 22.3 Å². The van der Waals surface area contributed by atoms with Crippen LogP contribution in [0.3, 0.4) is 0 Å². The molecule has 1 amide bonds. The highest BCUT2D eigenvalue weighted by atomic mass is 79.9. The summed E-state index contributed by atoms with van der Waals surface area (Å²) >= 11 is 13.2. The summed E-state index contributed by atoms with van der Waals surface area (Å²) in [6, 6.07) is 6.88. The van der Waals surface area contributed by atoms with Crippen molar-refractivity contribution in [3.05, 3.63) is 47.7 Å². The fraction of sp³-hybridized carbons (Fsp3) is 0.125. The zero-order valence-corrected chi connectivity index (χ0v) is 19.6. The monoisotopic (exact) mass is 612 g/mol. The van der Waals surface area contributed by atoms with Crippen LogP contribution in [-0.2, 0) is 4.79 Å². The highest BCUT2D eigenvalue weighted by Crippen LogP contribution is 2.38. The average Bonchev–Trinajstić information content (AvgIpc) is 2.61. The molecule has 0 heterocycles. The Labute approximate surface area is 183 Å². The van der Waals surface area contributed by atoms with Gasteiger partial charge in [0.2, 0.25) is 0 Å². The second kappa shape index (κ2) is 9.72. The first kappa shape index (κ1) is 21.2. The lowest BCUT2D eigenvalue weighted by Crippen LogP contribution is -2.24. The number of hydrogen-bond donors (Lipinski definition) is 2. The quantitative estimate of drug-likeness (QED) is 0.355. The van der Waals surface area contributed by atoms with Crippen LogP contribution in [0.15, 0.2) is 47.3 Å². The molecular weight excluding hydrogens is 604 g/mol. The lowest BCUT2D eigenvalue weighted by atomic mass is 10.2. The largest absolute Gasteiger partial charge is 0.506 e. The molecule has 0 fully saturated rings. The van der Waals surface area contributed by atoms with E-state index >= 15 is 0 Å². The van der Waals surface area contributed by atoms with E-state index in [1.807, 2.05) is 0 Å². The fourth-order valence-corrected chi connectivity index (χ4v) is 4.48. The molecule has 0 atom stereocenters. The Kier molecular flexibility index (Phi) is 7.93.